The van der Waals surface area contributed by atoms with Crippen molar-refractivity contribution in [1.82, 2.24) is 5.32 Å². The number of hydrogen-bond donors (Lipinski definition) is 1. The molecule has 0 aromatic heterocycles. The Kier molecular flexibility index (Phi) is 5.43. The molecule has 1 heterocycles. The van der Waals surface area contributed by atoms with Crippen LogP contribution in [0.3, 0.4) is 0 Å². The lowest BCUT2D eigenvalue weighted by Crippen LogP contribution is -2.40. The average Bonchev–Trinajstić information content (AvgIpc) is 2.47. The number of hydrogen-bond acceptors (Lipinski definition) is 3. The molecule has 1 aromatic rings. The summed E-state index contributed by atoms with van der Waals surface area (Å²) in [7, 11) is 1.57. The molecule has 2 rings (SSSR count). The Bertz CT molecular complexity index is 472. The van der Waals surface area contributed by atoms with Crippen LogP contribution in [0.25, 0.3) is 0 Å². The largest absolute Gasteiger partial charge is 0.496 e. The fourth-order valence-electron chi connectivity index (χ4n) is 2.47. The Labute approximate surface area is 128 Å². The predicted molar refractivity (Wildman–Crippen MR) is 81.2 cm³/mol. The molecule has 1 N–H and O–H groups in total. The summed E-state index contributed by atoms with van der Waals surface area (Å²) in [6.45, 7) is 3.62. The molecule has 4 nitrogen and oxygen atoms in total. The third kappa shape index (κ3) is 3.73. The van der Waals surface area contributed by atoms with Gasteiger partial charge in [-0.2, -0.15) is 0 Å². The van der Waals surface area contributed by atoms with E-state index in [0.29, 0.717) is 17.2 Å². The summed E-state index contributed by atoms with van der Waals surface area (Å²) >= 11 is 3.37. The van der Waals surface area contributed by atoms with Crippen LogP contribution >= 0.6 is 15.9 Å². The van der Waals surface area contributed by atoms with Gasteiger partial charge in [0.25, 0.3) is 5.91 Å². The summed E-state index contributed by atoms with van der Waals surface area (Å²) in [5.41, 5.74) is 0.564. The fourth-order valence-corrected chi connectivity index (χ4v) is 2.81. The first-order chi connectivity index (χ1) is 9.61. The van der Waals surface area contributed by atoms with Gasteiger partial charge in [-0.15, -0.1) is 0 Å². The molecule has 5 heteroatoms. The van der Waals surface area contributed by atoms with Gasteiger partial charge in [0.15, 0.2) is 0 Å². The van der Waals surface area contributed by atoms with Crippen LogP contribution in [0.4, 0.5) is 0 Å². The molecule has 1 unspecified atom stereocenters. The topological polar surface area (TPSA) is 47.6 Å². The number of ether oxygens (including phenoxy) is 2. The van der Waals surface area contributed by atoms with Crippen LogP contribution in [0.5, 0.6) is 5.75 Å². The van der Waals surface area contributed by atoms with E-state index in [9.17, 15) is 4.79 Å². The van der Waals surface area contributed by atoms with Crippen molar-refractivity contribution in [3.8, 4) is 5.75 Å². The van der Waals surface area contributed by atoms with Gasteiger partial charge in [0.1, 0.15) is 5.75 Å². The highest BCUT2D eigenvalue weighted by Gasteiger charge is 2.23. The molecule has 110 valence electrons. The van der Waals surface area contributed by atoms with Gasteiger partial charge in [-0.1, -0.05) is 15.9 Å². The second kappa shape index (κ2) is 7.09. The van der Waals surface area contributed by atoms with Crippen molar-refractivity contribution in [2.75, 3.05) is 20.3 Å². The number of rotatable bonds is 4. The van der Waals surface area contributed by atoms with Crippen LogP contribution in [0.2, 0.25) is 0 Å². The molecule has 1 fully saturated rings. The number of halogens is 1. The Morgan fingerprint density at radius 3 is 2.80 bits per heavy atom. The van der Waals surface area contributed by atoms with Crippen LogP contribution in [0, 0.1) is 5.92 Å². The van der Waals surface area contributed by atoms with E-state index in [2.05, 4.69) is 28.2 Å². The van der Waals surface area contributed by atoms with Crippen LogP contribution in [0.15, 0.2) is 22.7 Å². The maximum atomic E-state index is 12.4. The van der Waals surface area contributed by atoms with E-state index in [0.717, 1.165) is 30.5 Å². The Morgan fingerprint density at radius 2 is 2.15 bits per heavy atom. The Balaban J connectivity index is 2.03. The molecular formula is C15H20BrNO3. The lowest BCUT2D eigenvalue weighted by atomic mass is 9.93. The quantitative estimate of drug-likeness (QED) is 0.915. The fraction of sp³-hybridized carbons (Fsp3) is 0.533. The number of amides is 1. The highest BCUT2D eigenvalue weighted by molar-refractivity contribution is 9.10. The van der Waals surface area contributed by atoms with E-state index in [1.165, 1.54) is 0 Å². The maximum absolute atomic E-state index is 12.4. The monoisotopic (exact) mass is 341 g/mol. The van der Waals surface area contributed by atoms with E-state index in [1.54, 1.807) is 19.2 Å². The van der Waals surface area contributed by atoms with Crippen LogP contribution in [-0.2, 0) is 4.74 Å². The molecule has 1 amide bonds. The third-order valence-corrected chi connectivity index (χ3v) is 4.23. The van der Waals surface area contributed by atoms with Crippen molar-refractivity contribution in [1.29, 1.82) is 0 Å². The molecule has 0 radical (unpaired) electrons. The van der Waals surface area contributed by atoms with Gasteiger partial charge < -0.3 is 14.8 Å². The highest BCUT2D eigenvalue weighted by atomic mass is 79.9. The average molecular weight is 342 g/mol. The summed E-state index contributed by atoms with van der Waals surface area (Å²) in [6.07, 6.45) is 2.00. The Morgan fingerprint density at radius 1 is 1.45 bits per heavy atom. The molecule has 0 saturated carbocycles. The lowest BCUT2D eigenvalue weighted by molar-refractivity contribution is 0.0538. The highest BCUT2D eigenvalue weighted by Crippen LogP contribution is 2.24. The van der Waals surface area contributed by atoms with Crippen LogP contribution in [0.1, 0.15) is 30.1 Å². The smallest absolute Gasteiger partial charge is 0.255 e. The molecule has 0 aliphatic carbocycles. The molecule has 1 saturated heterocycles. The van der Waals surface area contributed by atoms with E-state index in [1.807, 2.05) is 6.07 Å². The number of methoxy groups -OCH3 is 1. The minimum absolute atomic E-state index is 0.0895. The number of benzene rings is 1. The van der Waals surface area contributed by atoms with Crippen molar-refractivity contribution in [2.24, 2.45) is 5.92 Å². The van der Waals surface area contributed by atoms with E-state index in [4.69, 9.17) is 9.47 Å². The molecular weight excluding hydrogens is 322 g/mol. The van der Waals surface area contributed by atoms with Gasteiger partial charge in [0, 0.05) is 23.7 Å². The summed E-state index contributed by atoms with van der Waals surface area (Å²) in [5, 5.41) is 3.07. The van der Waals surface area contributed by atoms with Gasteiger partial charge >= 0.3 is 0 Å². The van der Waals surface area contributed by atoms with E-state index in [-0.39, 0.29) is 11.9 Å². The molecule has 1 aromatic carbocycles. The standard InChI is InChI=1S/C15H20BrNO3/c1-10(11-5-7-20-8-6-11)17-15(18)13-4-3-12(16)9-14(13)19-2/h3-4,9-11H,5-8H2,1-2H3,(H,17,18). The second-order valence-corrected chi connectivity index (χ2v) is 5.97. The van der Waals surface area contributed by atoms with Crippen molar-refractivity contribution >= 4 is 21.8 Å². The van der Waals surface area contributed by atoms with Crippen molar-refractivity contribution in [3.63, 3.8) is 0 Å². The molecule has 1 aliphatic heterocycles. The zero-order chi connectivity index (χ0) is 14.5. The molecule has 1 atom stereocenters. The summed E-state index contributed by atoms with van der Waals surface area (Å²) in [6, 6.07) is 5.55. The SMILES string of the molecule is COc1cc(Br)ccc1C(=O)NC(C)C1CCOCC1. The predicted octanol–water partition coefficient (Wildman–Crippen LogP) is 3.00. The van der Waals surface area contributed by atoms with Crippen molar-refractivity contribution in [2.45, 2.75) is 25.8 Å². The van der Waals surface area contributed by atoms with Gasteiger partial charge in [-0.05, 0) is 43.9 Å². The number of carbonyl (C=O) groups excluding carboxylic acids is 1. The zero-order valence-corrected chi connectivity index (χ0v) is 13.4. The molecule has 0 spiro atoms. The summed E-state index contributed by atoms with van der Waals surface area (Å²) in [4.78, 5) is 12.4. The third-order valence-electron chi connectivity index (χ3n) is 3.74. The minimum Gasteiger partial charge on any atom is -0.496 e. The first-order valence-corrected chi connectivity index (χ1v) is 7.63. The first-order valence-electron chi connectivity index (χ1n) is 6.84. The van der Waals surface area contributed by atoms with Gasteiger partial charge in [-0.25, -0.2) is 0 Å². The minimum atomic E-state index is -0.0895. The van der Waals surface area contributed by atoms with E-state index < -0.39 is 0 Å². The summed E-state index contributed by atoms with van der Waals surface area (Å²) in [5.74, 6) is 0.971. The summed E-state index contributed by atoms with van der Waals surface area (Å²) < 4.78 is 11.5. The Hall–Kier alpha value is -1.07. The molecule has 1 aliphatic rings. The van der Waals surface area contributed by atoms with Crippen LogP contribution in [-0.4, -0.2) is 32.3 Å². The first kappa shape index (κ1) is 15.3. The van der Waals surface area contributed by atoms with Crippen molar-refractivity contribution in [3.05, 3.63) is 28.2 Å². The second-order valence-electron chi connectivity index (χ2n) is 5.06. The van der Waals surface area contributed by atoms with Gasteiger partial charge in [0.05, 0.1) is 12.7 Å². The maximum Gasteiger partial charge on any atom is 0.255 e. The zero-order valence-electron chi connectivity index (χ0n) is 11.8. The molecule has 20 heavy (non-hydrogen) atoms. The molecule has 0 bridgehead atoms. The number of nitrogens with one attached hydrogen (secondary N) is 1. The van der Waals surface area contributed by atoms with Gasteiger partial charge in [-0.3, -0.25) is 4.79 Å². The number of carbonyl (C=O) groups is 1. The van der Waals surface area contributed by atoms with Crippen molar-refractivity contribution < 1.29 is 14.3 Å². The lowest BCUT2D eigenvalue weighted by Gasteiger charge is -2.28. The normalized spacial score (nSPS) is 17.6. The van der Waals surface area contributed by atoms with E-state index >= 15 is 0 Å². The van der Waals surface area contributed by atoms with Crippen LogP contribution < -0.4 is 10.1 Å². The van der Waals surface area contributed by atoms with Gasteiger partial charge in [0.2, 0.25) is 0 Å².